The van der Waals surface area contributed by atoms with Gasteiger partial charge >= 0.3 is 0 Å². The zero-order chi connectivity index (χ0) is 14.7. The third-order valence-corrected chi connectivity index (χ3v) is 3.03. The van der Waals surface area contributed by atoms with Crippen LogP contribution < -0.4 is 4.74 Å². The second-order valence-corrected chi connectivity index (χ2v) is 4.75. The SMILES string of the molecule is CCc1noc(-c2ccc(Oc3ccc(Cl)cn3)cc2)n1. The van der Waals surface area contributed by atoms with Crippen LogP contribution in [0.1, 0.15) is 12.7 Å². The number of benzene rings is 1. The van der Waals surface area contributed by atoms with Crippen molar-refractivity contribution in [3.63, 3.8) is 0 Å². The van der Waals surface area contributed by atoms with E-state index in [1.807, 2.05) is 31.2 Å². The molecule has 0 N–H and O–H groups in total. The largest absolute Gasteiger partial charge is 0.439 e. The van der Waals surface area contributed by atoms with Gasteiger partial charge in [0.15, 0.2) is 5.82 Å². The molecule has 1 aromatic carbocycles. The van der Waals surface area contributed by atoms with E-state index in [1.54, 1.807) is 12.1 Å². The summed E-state index contributed by atoms with van der Waals surface area (Å²) in [5, 5.41) is 4.44. The van der Waals surface area contributed by atoms with Crippen molar-refractivity contribution in [2.75, 3.05) is 0 Å². The summed E-state index contributed by atoms with van der Waals surface area (Å²) in [4.78, 5) is 8.35. The van der Waals surface area contributed by atoms with Gasteiger partial charge in [-0.25, -0.2) is 4.98 Å². The molecule has 0 fully saturated rings. The van der Waals surface area contributed by atoms with E-state index in [9.17, 15) is 0 Å². The molecule has 3 aromatic rings. The number of pyridine rings is 1. The Hall–Kier alpha value is -2.40. The number of aryl methyl sites for hydroxylation is 1. The van der Waals surface area contributed by atoms with Crippen LogP contribution in [0.15, 0.2) is 47.1 Å². The van der Waals surface area contributed by atoms with Gasteiger partial charge in [-0.15, -0.1) is 0 Å². The van der Waals surface area contributed by atoms with Gasteiger partial charge in [-0.05, 0) is 30.3 Å². The Kier molecular flexibility index (Phi) is 3.83. The Morgan fingerprint density at radius 3 is 2.57 bits per heavy atom. The monoisotopic (exact) mass is 301 g/mol. The molecule has 0 unspecified atom stereocenters. The molecule has 0 bridgehead atoms. The smallest absolute Gasteiger partial charge is 0.257 e. The Morgan fingerprint density at radius 2 is 1.95 bits per heavy atom. The molecule has 0 spiro atoms. The number of rotatable bonds is 4. The van der Waals surface area contributed by atoms with Gasteiger partial charge in [-0.3, -0.25) is 0 Å². The van der Waals surface area contributed by atoms with Crippen molar-refractivity contribution >= 4 is 11.6 Å². The van der Waals surface area contributed by atoms with Gasteiger partial charge in [0.2, 0.25) is 5.88 Å². The molecular formula is C15H12ClN3O2. The number of hydrogen-bond donors (Lipinski definition) is 0. The molecule has 0 radical (unpaired) electrons. The van der Waals surface area contributed by atoms with Crippen LogP contribution in [0.25, 0.3) is 11.5 Å². The van der Waals surface area contributed by atoms with Gasteiger partial charge in [0, 0.05) is 24.2 Å². The normalized spacial score (nSPS) is 10.6. The number of hydrogen-bond acceptors (Lipinski definition) is 5. The summed E-state index contributed by atoms with van der Waals surface area (Å²) < 4.78 is 10.8. The lowest BCUT2D eigenvalue weighted by Gasteiger charge is -2.04. The molecule has 5 nitrogen and oxygen atoms in total. The molecule has 0 aliphatic carbocycles. The molecule has 0 aliphatic rings. The van der Waals surface area contributed by atoms with E-state index in [2.05, 4.69) is 15.1 Å². The maximum atomic E-state index is 5.78. The molecule has 0 atom stereocenters. The van der Waals surface area contributed by atoms with Gasteiger partial charge in [-0.1, -0.05) is 23.7 Å². The average molecular weight is 302 g/mol. The maximum Gasteiger partial charge on any atom is 0.257 e. The van der Waals surface area contributed by atoms with E-state index in [4.69, 9.17) is 20.9 Å². The van der Waals surface area contributed by atoms with Crippen LogP contribution in [0.2, 0.25) is 5.02 Å². The molecule has 0 saturated heterocycles. The van der Waals surface area contributed by atoms with Crippen LogP contribution in [0.3, 0.4) is 0 Å². The van der Waals surface area contributed by atoms with Crippen molar-refractivity contribution < 1.29 is 9.26 Å². The molecule has 2 heterocycles. The molecule has 21 heavy (non-hydrogen) atoms. The first-order valence-corrected chi connectivity index (χ1v) is 6.85. The van der Waals surface area contributed by atoms with Crippen molar-refractivity contribution in [1.29, 1.82) is 0 Å². The summed E-state index contributed by atoms with van der Waals surface area (Å²) in [5.41, 5.74) is 0.846. The molecule has 6 heteroatoms. The fourth-order valence-electron chi connectivity index (χ4n) is 1.72. The Morgan fingerprint density at radius 1 is 1.14 bits per heavy atom. The standard InChI is InChI=1S/C15H12ClN3O2/c1-2-13-18-15(21-19-13)10-3-6-12(7-4-10)20-14-8-5-11(16)9-17-14/h3-9H,2H2,1H3. The van der Waals surface area contributed by atoms with Gasteiger partial charge in [0.1, 0.15) is 5.75 Å². The van der Waals surface area contributed by atoms with Crippen molar-refractivity contribution in [3.05, 3.63) is 53.4 Å². The summed E-state index contributed by atoms with van der Waals surface area (Å²) in [5.74, 6) is 2.35. The van der Waals surface area contributed by atoms with Crippen LogP contribution in [-0.4, -0.2) is 15.1 Å². The lowest BCUT2D eigenvalue weighted by atomic mass is 10.2. The van der Waals surface area contributed by atoms with E-state index < -0.39 is 0 Å². The second kappa shape index (κ2) is 5.93. The summed E-state index contributed by atoms with van der Waals surface area (Å²) in [6.45, 7) is 1.98. The minimum Gasteiger partial charge on any atom is -0.439 e. The van der Waals surface area contributed by atoms with Gasteiger partial charge in [0.05, 0.1) is 5.02 Å². The topological polar surface area (TPSA) is 61.0 Å². The Balaban J connectivity index is 1.76. The summed E-state index contributed by atoms with van der Waals surface area (Å²) in [7, 11) is 0. The Labute approximate surface area is 126 Å². The van der Waals surface area contributed by atoms with Gasteiger partial charge in [-0.2, -0.15) is 4.98 Å². The number of aromatic nitrogens is 3. The van der Waals surface area contributed by atoms with Crippen LogP contribution in [0.4, 0.5) is 0 Å². The van der Waals surface area contributed by atoms with Crippen LogP contribution in [0, 0.1) is 0 Å². The predicted molar refractivity (Wildman–Crippen MR) is 78.4 cm³/mol. The van der Waals surface area contributed by atoms with E-state index >= 15 is 0 Å². The van der Waals surface area contributed by atoms with Crippen molar-refractivity contribution in [3.8, 4) is 23.1 Å². The zero-order valence-corrected chi connectivity index (χ0v) is 12.0. The third kappa shape index (κ3) is 3.20. The van der Waals surface area contributed by atoms with Gasteiger partial charge in [0.25, 0.3) is 5.89 Å². The third-order valence-electron chi connectivity index (χ3n) is 2.81. The first kappa shape index (κ1) is 13.6. The average Bonchev–Trinajstić information content (AvgIpc) is 2.99. The minimum absolute atomic E-state index is 0.484. The fourth-order valence-corrected chi connectivity index (χ4v) is 1.84. The highest BCUT2D eigenvalue weighted by molar-refractivity contribution is 6.30. The van der Waals surface area contributed by atoms with Crippen LogP contribution in [-0.2, 0) is 6.42 Å². The van der Waals surface area contributed by atoms with Gasteiger partial charge < -0.3 is 9.26 Å². The van der Waals surface area contributed by atoms with Crippen molar-refractivity contribution in [2.45, 2.75) is 13.3 Å². The molecule has 3 rings (SSSR count). The van der Waals surface area contributed by atoms with E-state index in [1.165, 1.54) is 6.20 Å². The number of nitrogens with zero attached hydrogens (tertiary/aromatic N) is 3. The zero-order valence-electron chi connectivity index (χ0n) is 11.3. The summed E-state index contributed by atoms with van der Waals surface area (Å²) in [6.07, 6.45) is 2.28. The summed E-state index contributed by atoms with van der Waals surface area (Å²) >= 11 is 5.78. The molecule has 0 amide bonds. The first-order chi connectivity index (χ1) is 10.2. The lowest BCUT2D eigenvalue weighted by molar-refractivity contribution is 0.423. The molecule has 106 valence electrons. The first-order valence-electron chi connectivity index (χ1n) is 6.47. The van der Waals surface area contributed by atoms with Crippen molar-refractivity contribution in [1.82, 2.24) is 15.1 Å². The predicted octanol–water partition coefficient (Wildman–Crippen LogP) is 4.14. The van der Waals surface area contributed by atoms with E-state index in [-0.39, 0.29) is 0 Å². The molecule has 0 saturated carbocycles. The fraction of sp³-hybridized carbons (Fsp3) is 0.133. The lowest BCUT2D eigenvalue weighted by Crippen LogP contribution is -1.87. The highest BCUT2D eigenvalue weighted by atomic mass is 35.5. The highest BCUT2D eigenvalue weighted by Crippen LogP contribution is 2.24. The molecular weight excluding hydrogens is 290 g/mol. The van der Waals surface area contributed by atoms with E-state index in [0.717, 1.165) is 12.0 Å². The second-order valence-electron chi connectivity index (χ2n) is 4.31. The summed E-state index contributed by atoms with van der Waals surface area (Å²) in [6, 6.07) is 10.8. The minimum atomic E-state index is 0.484. The molecule has 2 aromatic heterocycles. The van der Waals surface area contributed by atoms with Crippen LogP contribution in [0.5, 0.6) is 11.6 Å². The van der Waals surface area contributed by atoms with Crippen LogP contribution >= 0.6 is 11.6 Å². The van der Waals surface area contributed by atoms with Crippen molar-refractivity contribution in [2.24, 2.45) is 0 Å². The number of halogens is 1. The maximum absolute atomic E-state index is 5.78. The molecule has 0 aliphatic heterocycles. The quantitative estimate of drug-likeness (QED) is 0.724. The Bertz CT molecular complexity index is 723. The van der Waals surface area contributed by atoms with E-state index in [0.29, 0.717) is 28.4 Å². The highest BCUT2D eigenvalue weighted by Gasteiger charge is 2.08. The number of ether oxygens (including phenoxy) is 1.